The van der Waals surface area contributed by atoms with E-state index in [1.54, 1.807) is 0 Å². The Bertz CT molecular complexity index is 713. The van der Waals surface area contributed by atoms with Gasteiger partial charge in [0.2, 0.25) is 0 Å². The van der Waals surface area contributed by atoms with Crippen LogP contribution in [0.25, 0.3) is 0 Å². The second-order valence-electron chi connectivity index (χ2n) is 7.83. The molecule has 25 heavy (non-hydrogen) atoms. The zero-order valence-electron chi connectivity index (χ0n) is 14.9. The first-order chi connectivity index (χ1) is 12.0. The van der Waals surface area contributed by atoms with Crippen molar-refractivity contribution in [3.05, 3.63) is 35.4 Å². The number of hydrogen-bond acceptors (Lipinski definition) is 2. The summed E-state index contributed by atoms with van der Waals surface area (Å²) in [5.41, 5.74) is 1.14. The Morgan fingerprint density at radius 1 is 1.20 bits per heavy atom. The van der Waals surface area contributed by atoms with Crippen molar-refractivity contribution in [3.63, 3.8) is 0 Å². The number of aryl methyl sites for hydroxylation is 1. The predicted octanol–water partition coefficient (Wildman–Crippen LogP) is 2.92. The van der Waals surface area contributed by atoms with E-state index in [9.17, 15) is 9.90 Å². The van der Waals surface area contributed by atoms with Crippen molar-refractivity contribution in [2.24, 2.45) is 0 Å². The fraction of sp³-hybridized carbons (Fsp3) is 0.571. The van der Waals surface area contributed by atoms with E-state index in [4.69, 9.17) is 0 Å². The zero-order valence-corrected chi connectivity index (χ0v) is 14.9. The summed E-state index contributed by atoms with van der Waals surface area (Å²) in [5.74, 6) is 6.28. The molecule has 132 valence electrons. The molecule has 1 aromatic carbocycles. The molecule has 1 aromatic rings. The summed E-state index contributed by atoms with van der Waals surface area (Å²) >= 11 is 0. The van der Waals surface area contributed by atoms with E-state index >= 15 is 0 Å². The lowest BCUT2D eigenvalue weighted by molar-refractivity contribution is 0.000210. The minimum absolute atomic E-state index is 0.128. The normalized spacial score (nSPS) is 31.0. The Labute approximate surface area is 149 Å². The van der Waals surface area contributed by atoms with Crippen molar-refractivity contribution in [1.82, 2.24) is 9.80 Å². The highest BCUT2D eigenvalue weighted by atomic mass is 16.3. The molecule has 2 unspecified atom stereocenters. The molecule has 2 amide bonds. The van der Waals surface area contributed by atoms with Crippen molar-refractivity contribution in [1.29, 1.82) is 0 Å². The number of hydrogen-bond donors (Lipinski definition) is 1. The van der Waals surface area contributed by atoms with Crippen LogP contribution in [0.1, 0.15) is 49.7 Å². The maximum Gasteiger partial charge on any atom is 0.320 e. The van der Waals surface area contributed by atoms with Crippen LogP contribution in [0.5, 0.6) is 0 Å². The van der Waals surface area contributed by atoms with Gasteiger partial charge < -0.3 is 14.9 Å². The average Bonchev–Trinajstić information content (AvgIpc) is 3.20. The lowest BCUT2D eigenvalue weighted by Crippen LogP contribution is -2.55. The molecule has 0 spiro atoms. The number of aliphatic hydroxyl groups is 1. The highest BCUT2D eigenvalue weighted by Crippen LogP contribution is 2.41. The van der Waals surface area contributed by atoms with Gasteiger partial charge in [0.05, 0.1) is 0 Å². The van der Waals surface area contributed by atoms with Gasteiger partial charge in [-0.3, -0.25) is 0 Å². The molecule has 0 aromatic heterocycles. The number of likely N-dealkylation sites (tertiary alicyclic amines) is 1. The molecule has 0 aliphatic carbocycles. The minimum atomic E-state index is -0.975. The van der Waals surface area contributed by atoms with Gasteiger partial charge in [-0.25, -0.2) is 4.79 Å². The molecule has 3 heterocycles. The van der Waals surface area contributed by atoms with Crippen LogP contribution < -0.4 is 0 Å². The van der Waals surface area contributed by atoms with E-state index in [0.29, 0.717) is 12.8 Å². The molecule has 4 nitrogen and oxygen atoms in total. The summed E-state index contributed by atoms with van der Waals surface area (Å²) < 4.78 is 0. The second kappa shape index (κ2) is 6.38. The fourth-order valence-electron chi connectivity index (χ4n) is 4.62. The lowest BCUT2D eigenvalue weighted by Gasteiger charge is -2.42. The first-order valence-corrected chi connectivity index (χ1v) is 9.44. The summed E-state index contributed by atoms with van der Waals surface area (Å²) in [6, 6.07) is 8.49. The van der Waals surface area contributed by atoms with E-state index < -0.39 is 5.60 Å². The van der Waals surface area contributed by atoms with Crippen molar-refractivity contribution in [3.8, 4) is 11.8 Å². The number of piperidine rings is 1. The van der Waals surface area contributed by atoms with E-state index in [0.717, 1.165) is 44.3 Å². The third-order valence-electron chi connectivity index (χ3n) is 5.82. The van der Waals surface area contributed by atoms with Crippen LogP contribution >= 0.6 is 0 Å². The summed E-state index contributed by atoms with van der Waals surface area (Å²) in [7, 11) is 0. The van der Waals surface area contributed by atoms with Crippen LogP contribution in [-0.4, -0.2) is 51.7 Å². The number of amides is 2. The summed E-state index contributed by atoms with van der Waals surface area (Å²) in [6.45, 7) is 3.81. The molecule has 4 rings (SSSR count). The molecule has 4 heteroatoms. The molecule has 2 bridgehead atoms. The summed E-state index contributed by atoms with van der Waals surface area (Å²) in [5, 5.41) is 11.0. The lowest BCUT2D eigenvalue weighted by atomic mass is 9.86. The first-order valence-electron chi connectivity index (χ1n) is 9.44. The third-order valence-corrected chi connectivity index (χ3v) is 5.82. The van der Waals surface area contributed by atoms with Crippen molar-refractivity contribution in [2.45, 2.75) is 63.1 Å². The van der Waals surface area contributed by atoms with Gasteiger partial charge in [0.15, 0.2) is 0 Å². The van der Waals surface area contributed by atoms with Gasteiger partial charge in [0, 0.05) is 43.6 Å². The van der Waals surface area contributed by atoms with Crippen LogP contribution in [-0.2, 0) is 0 Å². The van der Waals surface area contributed by atoms with Gasteiger partial charge in [0.25, 0.3) is 0 Å². The molecule has 0 saturated carbocycles. The molecular weight excluding hydrogens is 312 g/mol. The van der Waals surface area contributed by atoms with E-state index in [2.05, 4.69) is 11.8 Å². The van der Waals surface area contributed by atoms with Crippen molar-refractivity contribution >= 4 is 6.03 Å². The molecular formula is C21H26N2O2. The fourth-order valence-corrected chi connectivity index (χ4v) is 4.62. The van der Waals surface area contributed by atoms with Crippen LogP contribution in [0.4, 0.5) is 4.79 Å². The Morgan fingerprint density at radius 2 is 1.88 bits per heavy atom. The van der Waals surface area contributed by atoms with Crippen molar-refractivity contribution < 1.29 is 9.90 Å². The maximum atomic E-state index is 12.8. The molecule has 3 aliphatic rings. The van der Waals surface area contributed by atoms with Gasteiger partial charge in [-0.1, -0.05) is 24.0 Å². The molecule has 3 fully saturated rings. The molecule has 2 atom stereocenters. The van der Waals surface area contributed by atoms with Crippen LogP contribution in [0.15, 0.2) is 24.3 Å². The quantitative estimate of drug-likeness (QED) is 0.739. The SMILES string of the molecule is Cc1cccc(C#CC2(O)CC3CCC(C2)N3C(=O)N2CCCC2)c1. The van der Waals surface area contributed by atoms with Gasteiger partial charge in [-0.15, -0.1) is 0 Å². The third kappa shape index (κ3) is 3.26. The number of rotatable bonds is 0. The van der Waals surface area contributed by atoms with E-state index in [1.807, 2.05) is 41.0 Å². The second-order valence-corrected chi connectivity index (χ2v) is 7.83. The number of carbonyl (C=O) groups excluding carboxylic acids is 1. The smallest absolute Gasteiger partial charge is 0.320 e. The monoisotopic (exact) mass is 338 g/mol. The Balaban J connectivity index is 1.50. The number of urea groups is 1. The minimum Gasteiger partial charge on any atom is -0.377 e. The Kier molecular flexibility index (Phi) is 4.21. The average molecular weight is 338 g/mol. The standard InChI is InChI=1S/C21H26N2O2/c1-16-5-4-6-17(13-16)9-10-21(25)14-18-7-8-19(15-21)23(18)20(24)22-11-2-3-12-22/h4-6,13,18-19,25H,2-3,7-8,11-12,14-15H2,1H3. The highest BCUT2D eigenvalue weighted by molar-refractivity contribution is 5.76. The Morgan fingerprint density at radius 3 is 2.52 bits per heavy atom. The summed E-state index contributed by atoms with van der Waals surface area (Å²) in [4.78, 5) is 16.9. The predicted molar refractivity (Wildman–Crippen MR) is 97.1 cm³/mol. The largest absolute Gasteiger partial charge is 0.377 e. The van der Waals surface area contributed by atoms with Crippen LogP contribution in [0.2, 0.25) is 0 Å². The van der Waals surface area contributed by atoms with Gasteiger partial charge in [-0.05, 0) is 50.3 Å². The molecule has 1 N–H and O–H groups in total. The Hall–Kier alpha value is -1.99. The zero-order chi connectivity index (χ0) is 17.4. The first kappa shape index (κ1) is 16.5. The molecule has 3 aliphatic heterocycles. The topological polar surface area (TPSA) is 43.8 Å². The number of nitrogens with zero attached hydrogens (tertiary/aromatic N) is 2. The van der Waals surface area contributed by atoms with Crippen molar-refractivity contribution in [2.75, 3.05) is 13.1 Å². The van der Waals surface area contributed by atoms with Gasteiger partial charge >= 0.3 is 6.03 Å². The van der Waals surface area contributed by atoms with E-state index in [1.165, 1.54) is 5.56 Å². The van der Waals surface area contributed by atoms with Crippen LogP contribution in [0.3, 0.4) is 0 Å². The summed E-state index contributed by atoms with van der Waals surface area (Å²) in [6.07, 6.45) is 5.34. The van der Waals surface area contributed by atoms with Crippen LogP contribution in [0, 0.1) is 18.8 Å². The number of fused-ring (bicyclic) bond motifs is 2. The molecule has 0 radical (unpaired) electrons. The van der Waals surface area contributed by atoms with E-state index in [-0.39, 0.29) is 18.1 Å². The van der Waals surface area contributed by atoms with Gasteiger partial charge in [0.1, 0.15) is 5.60 Å². The highest BCUT2D eigenvalue weighted by Gasteiger charge is 2.49. The number of benzene rings is 1. The maximum absolute atomic E-state index is 12.8. The van der Waals surface area contributed by atoms with Gasteiger partial charge in [-0.2, -0.15) is 0 Å². The molecule has 3 saturated heterocycles. The number of carbonyl (C=O) groups is 1.